The van der Waals surface area contributed by atoms with Crippen LogP contribution in [0.25, 0.3) is 11.0 Å². The van der Waals surface area contributed by atoms with Crippen molar-refractivity contribution >= 4 is 22.8 Å². The number of H-pyrrole nitrogens is 1. The number of hydrogen-bond donors (Lipinski definition) is 1. The third-order valence-corrected chi connectivity index (χ3v) is 4.39. The second-order valence-electron chi connectivity index (χ2n) is 4.26. The number of hydrogen-bond acceptors (Lipinski definition) is 2. The summed E-state index contributed by atoms with van der Waals surface area (Å²) in [5.74, 6) is 0.720. The lowest BCUT2D eigenvalue weighted by atomic mass is 10.2. The highest BCUT2D eigenvalue weighted by Gasteiger charge is 2.20. The van der Waals surface area contributed by atoms with Gasteiger partial charge in [-0.1, -0.05) is 6.42 Å². The maximum atomic E-state index is 13.5. The van der Waals surface area contributed by atoms with Crippen LogP contribution in [-0.4, -0.2) is 15.7 Å². The average Bonchev–Trinajstić information content (AvgIpc) is 2.74. The van der Waals surface area contributed by atoms with Gasteiger partial charge in [0, 0.05) is 6.07 Å². The first-order valence-corrected chi connectivity index (χ1v) is 6.75. The van der Waals surface area contributed by atoms with E-state index in [-0.39, 0.29) is 5.52 Å². The first kappa shape index (κ1) is 11.0. The van der Waals surface area contributed by atoms with E-state index in [1.807, 2.05) is 11.8 Å². The summed E-state index contributed by atoms with van der Waals surface area (Å²) >= 11 is 1.83. The predicted molar refractivity (Wildman–Crippen MR) is 65.1 cm³/mol. The molecule has 2 aromatic rings. The van der Waals surface area contributed by atoms with E-state index >= 15 is 0 Å². The molecule has 3 rings (SSSR count). The Morgan fingerprint density at radius 3 is 2.94 bits per heavy atom. The number of aromatic amines is 1. The molecule has 1 N–H and O–H groups in total. The van der Waals surface area contributed by atoms with Gasteiger partial charge >= 0.3 is 0 Å². The van der Waals surface area contributed by atoms with Crippen molar-refractivity contribution in [2.45, 2.75) is 24.5 Å². The second-order valence-corrected chi connectivity index (χ2v) is 5.57. The molecule has 1 saturated heterocycles. The van der Waals surface area contributed by atoms with E-state index in [0.717, 1.165) is 24.1 Å². The van der Waals surface area contributed by atoms with E-state index in [0.29, 0.717) is 10.8 Å². The zero-order chi connectivity index (χ0) is 11.8. The largest absolute Gasteiger partial charge is 0.341 e. The van der Waals surface area contributed by atoms with Crippen molar-refractivity contribution < 1.29 is 8.78 Å². The van der Waals surface area contributed by atoms with Crippen LogP contribution in [0.1, 0.15) is 30.3 Å². The van der Waals surface area contributed by atoms with Gasteiger partial charge in [0.2, 0.25) is 0 Å². The number of imidazole rings is 1. The molecule has 1 aromatic heterocycles. The third kappa shape index (κ3) is 2.04. The molecule has 1 unspecified atom stereocenters. The molecule has 0 bridgehead atoms. The van der Waals surface area contributed by atoms with Gasteiger partial charge in [-0.15, -0.1) is 0 Å². The van der Waals surface area contributed by atoms with Crippen LogP contribution in [0.2, 0.25) is 0 Å². The molecule has 0 amide bonds. The second kappa shape index (κ2) is 4.29. The monoisotopic (exact) mass is 254 g/mol. The Hall–Kier alpha value is -1.10. The minimum absolute atomic E-state index is 0.243. The molecule has 2 heterocycles. The van der Waals surface area contributed by atoms with Gasteiger partial charge in [0.25, 0.3) is 0 Å². The molecule has 90 valence electrons. The van der Waals surface area contributed by atoms with Gasteiger partial charge in [0.05, 0.1) is 10.8 Å². The smallest absolute Gasteiger partial charge is 0.153 e. The van der Waals surface area contributed by atoms with Crippen molar-refractivity contribution in [1.82, 2.24) is 9.97 Å². The minimum atomic E-state index is -0.594. The summed E-state index contributed by atoms with van der Waals surface area (Å²) in [4.78, 5) is 7.29. The molecule has 5 heteroatoms. The molecule has 17 heavy (non-hydrogen) atoms. The summed E-state index contributed by atoms with van der Waals surface area (Å²) in [6, 6.07) is 2.17. The summed E-state index contributed by atoms with van der Waals surface area (Å²) in [6.45, 7) is 0. The van der Waals surface area contributed by atoms with Crippen LogP contribution in [0.5, 0.6) is 0 Å². The number of thioether (sulfide) groups is 1. The lowest BCUT2D eigenvalue weighted by molar-refractivity contribution is 0.590. The van der Waals surface area contributed by atoms with Crippen LogP contribution in [0.3, 0.4) is 0 Å². The van der Waals surface area contributed by atoms with Crippen molar-refractivity contribution in [2.75, 3.05) is 5.75 Å². The van der Waals surface area contributed by atoms with E-state index in [2.05, 4.69) is 9.97 Å². The van der Waals surface area contributed by atoms with Gasteiger partial charge in [-0.25, -0.2) is 13.8 Å². The van der Waals surface area contributed by atoms with E-state index in [1.54, 1.807) is 0 Å². The van der Waals surface area contributed by atoms with E-state index in [4.69, 9.17) is 0 Å². The SMILES string of the molecule is Fc1cc(F)c2nc(C3CCCCS3)[nH]c2c1. The average molecular weight is 254 g/mol. The number of halogens is 2. The molecule has 0 saturated carbocycles. The Labute approximate surface area is 102 Å². The Balaban J connectivity index is 2.03. The van der Waals surface area contributed by atoms with Gasteiger partial charge in [0.1, 0.15) is 17.2 Å². The maximum Gasteiger partial charge on any atom is 0.153 e. The summed E-state index contributed by atoms with van der Waals surface area (Å²) in [6.07, 6.45) is 3.45. The number of aromatic nitrogens is 2. The highest BCUT2D eigenvalue weighted by Crippen LogP contribution is 2.37. The van der Waals surface area contributed by atoms with E-state index in [9.17, 15) is 8.78 Å². The van der Waals surface area contributed by atoms with E-state index in [1.165, 1.54) is 18.9 Å². The zero-order valence-corrected chi connectivity index (χ0v) is 9.99. The topological polar surface area (TPSA) is 28.7 Å². The van der Waals surface area contributed by atoms with Gasteiger partial charge in [-0.05, 0) is 24.7 Å². The standard InChI is InChI=1S/C12H12F2N2S/c13-7-5-8(14)11-9(6-7)15-12(16-11)10-3-1-2-4-17-10/h5-6,10H,1-4H2,(H,15,16). The predicted octanol–water partition coefficient (Wildman–Crippen LogP) is 3.80. The van der Waals surface area contributed by atoms with Crippen LogP contribution in [-0.2, 0) is 0 Å². The van der Waals surface area contributed by atoms with Gasteiger partial charge in [0.15, 0.2) is 5.82 Å². The van der Waals surface area contributed by atoms with Crippen molar-refractivity contribution in [2.24, 2.45) is 0 Å². The number of nitrogens with one attached hydrogen (secondary N) is 1. The fourth-order valence-corrected chi connectivity index (χ4v) is 3.43. The molecule has 1 fully saturated rings. The fraction of sp³-hybridized carbons (Fsp3) is 0.417. The summed E-state index contributed by atoms with van der Waals surface area (Å²) < 4.78 is 26.6. The first-order chi connectivity index (χ1) is 8.24. The van der Waals surface area contributed by atoms with Crippen LogP contribution in [0.15, 0.2) is 12.1 Å². The van der Waals surface area contributed by atoms with E-state index < -0.39 is 11.6 Å². The zero-order valence-electron chi connectivity index (χ0n) is 9.17. The Kier molecular flexibility index (Phi) is 2.78. The Morgan fingerprint density at radius 2 is 2.18 bits per heavy atom. The normalized spacial score (nSPS) is 20.9. The molecule has 0 spiro atoms. The van der Waals surface area contributed by atoms with Crippen molar-refractivity contribution in [3.05, 3.63) is 29.6 Å². The minimum Gasteiger partial charge on any atom is -0.341 e. The quantitative estimate of drug-likeness (QED) is 0.838. The Bertz CT molecular complexity index is 547. The van der Waals surface area contributed by atoms with Crippen LogP contribution in [0, 0.1) is 11.6 Å². The molecular weight excluding hydrogens is 242 g/mol. The maximum absolute atomic E-state index is 13.5. The third-order valence-electron chi connectivity index (χ3n) is 3.01. The van der Waals surface area contributed by atoms with Gasteiger partial charge < -0.3 is 4.98 Å². The van der Waals surface area contributed by atoms with Crippen molar-refractivity contribution in [1.29, 1.82) is 0 Å². The fourth-order valence-electron chi connectivity index (χ4n) is 2.17. The van der Waals surface area contributed by atoms with Crippen LogP contribution in [0.4, 0.5) is 8.78 Å². The number of nitrogens with zero attached hydrogens (tertiary/aromatic N) is 1. The molecule has 0 aliphatic carbocycles. The molecule has 0 radical (unpaired) electrons. The molecule has 1 aromatic carbocycles. The molecule has 1 aliphatic heterocycles. The van der Waals surface area contributed by atoms with Crippen molar-refractivity contribution in [3.63, 3.8) is 0 Å². The van der Waals surface area contributed by atoms with Crippen molar-refractivity contribution in [3.8, 4) is 0 Å². The summed E-state index contributed by atoms with van der Waals surface area (Å²) in [7, 11) is 0. The number of rotatable bonds is 1. The first-order valence-electron chi connectivity index (χ1n) is 5.70. The number of benzene rings is 1. The Morgan fingerprint density at radius 1 is 1.29 bits per heavy atom. The number of fused-ring (bicyclic) bond motifs is 1. The lowest BCUT2D eigenvalue weighted by Crippen LogP contribution is -2.03. The highest BCUT2D eigenvalue weighted by molar-refractivity contribution is 7.99. The molecular formula is C12H12F2N2S. The lowest BCUT2D eigenvalue weighted by Gasteiger charge is -2.18. The van der Waals surface area contributed by atoms with Crippen LogP contribution < -0.4 is 0 Å². The molecule has 2 nitrogen and oxygen atoms in total. The van der Waals surface area contributed by atoms with Gasteiger partial charge in [-0.2, -0.15) is 11.8 Å². The molecule has 1 aliphatic rings. The summed E-state index contributed by atoms with van der Waals surface area (Å²) in [5, 5.41) is 0.290. The van der Waals surface area contributed by atoms with Crippen LogP contribution >= 0.6 is 11.8 Å². The summed E-state index contributed by atoms with van der Waals surface area (Å²) in [5.41, 5.74) is 0.691. The molecule has 1 atom stereocenters. The highest BCUT2D eigenvalue weighted by atomic mass is 32.2. The van der Waals surface area contributed by atoms with Gasteiger partial charge in [-0.3, -0.25) is 0 Å².